The first-order valence-electron chi connectivity index (χ1n) is 13.3. The molecule has 1 unspecified atom stereocenters. The summed E-state index contributed by atoms with van der Waals surface area (Å²) in [6.07, 6.45) is 10.6. The maximum Gasteiger partial charge on any atom is 0.254 e. The van der Waals surface area contributed by atoms with E-state index in [1.807, 2.05) is 51.1 Å². The number of halogens is 1. The molecule has 0 radical (unpaired) electrons. The standard InChI is InChI=1S/C32H39FN2O3/c1-5-12-28(19-23(2)3)35(30(36)22-38-21-25-14-11-15-26(33)20-25)31(29-18-10-9-13-24(29)4)32(37)34-27-16-7-6-8-17-27/h5,9-15,18-20,27,31H,2,6-8,16-17,21-22H2,1,3-4H3,(H,34,37). The number of aryl methyl sites for hydroxylation is 1. The van der Waals surface area contributed by atoms with Gasteiger partial charge in [0.1, 0.15) is 18.5 Å². The maximum atomic E-state index is 14.0. The van der Waals surface area contributed by atoms with Crippen LogP contribution in [0.3, 0.4) is 0 Å². The third kappa shape index (κ3) is 8.25. The first kappa shape index (κ1) is 29.1. The van der Waals surface area contributed by atoms with Gasteiger partial charge in [0.2, 0.25) is 5.91 Å². The van der Waals surface area contributed by atoms with Gasteiger partial charge in [0.05, 0.1) is 6.61 Å². The van der Waals surface area contributed by atoms with Crippen LogP contribution in [0.2, 0.25) is 0 Å². The number of amides is 2. The molecule has 1 N–H and O–H groups in total. The maximum absolute atomic E-state index is 14.0. The Morgan fingerprint density at radius 2 is 1.89 bits per heavy atom. The molecule has 1 fully saturated rings. The lowest BCUT2D eigenvalue weighted by Gasteiger charge is -2.34. The Morgan fingerprint density at radius 1 is 1.16 bits per heavy atom. The van der Waals surface area contributed by atoms with Crippen LogP contribution in [0.1, 0.15) is 68.7 Å². The van der Waals surface area contributed by atoms with Crippen LogP contribution >= 0.6 is 0 Å². The SMILES string of the molecule is C=C(C)C=C(C=CC)N(C(=O)COCc1cccc(F)c1)C(C(=O)NC1CCCCC1)c1ccccc1C. The van der Waals surface area contributed by atoms with Crippen molar-refractivity contribution in [2.75, 3.05) is 6.61 Å². The molecule has 202 valence electrons. The van der Waals surface area contributed by atoms with Crippen molar-refractivity contribution in [3.05, 3.63) is 107 Å². The molecule has 1 saturated carbocycles. The monoisotopic (exact) mass is 518 g/mol. The molecule has 2 amide bonds. The summed E-state index contributed by atoms with van der Waals surface area (Å²) in [5.41, 5.74) is 3.57. The van der Waals surface area contributed by atoms with Crippen molar-refractivity contribution in [3.8, 4) is 0 Å². The fourth-order valence-corrected chi connectivity index (χ4v) is 4.83. The van der Waals surface area contributed by atoms with Gasteiger partial charge in [-0.25, -0.2) is 4.39 Å². The highest BCUT2D eigenvalue weighted by atomic mass is 19.1. The number of nitrogens with one attached hydrogen (secondary N) is 1. The molecule has 6 heteroatoms. The normalized spacial score (nSPS) is 15.3. The third-order valence-corrected chi connectivity index (χ3v) is 6.60. The van der Waals surface area contributed by atoms with E-state index in [4.69, 9.17) is 4.74 Å². The third-order valence-electron chi connectivity index (χ3n) is 6.60. The van der Waals surface area contributed by atoms with Crippen LogP contribution in [-0.4, -0.2) is 29.4 Å². The number of rotatable bonds is 11. The van der Waals surface area contributed by atoms with Gasteiger partial charge in [-0.05, 0) is 74.6 Å². The minimum absolute atomic E-state index is 0.0732. The molecule has 2 aromatic rings. The fourth-order valence-electron chi connectivity index (χ4n) is 4.83. The van der Waals surface area contributed by atoms with Crippen molar-refractivity contribution in [2.24, 2.45) is 0 Å². The number of benzene rings is 2. The second-order valence-electron chi connectivity index (χ2n) is 9.90. The molecule has 2 aromatic carbocycles. The molecule has 0 aromatic heterocycles. The molecule has 3 rings (SSSR count). The molecular formula is C32H39FN2O3. The minimum atomic E-state index is -0.898. The van der Waals surface area contributed by atoms with Crippen LogP contribution < -0.4 is 5.32 Å². The summed E-state index contributed by atoms with van der Waals surface area (Å²) in [4.78, 5) is 29.4. The molecule has 0 saturated heterocycles. The van der Waals surface area contributed by atoms with E-state index in [1.165, 1.54) is 23.5 Å². The van der Waals surface area contributed by atoms with Crippen LogP contribution in [-0.2, 0) is 20.9 Å². The van der Waals surface area contributed by atoms with Gasteiger partial charge in [-0.1, -0.05) is 73.9 Å². The first-order valence-corrected chi connectivity index (χ1v) is 13.3. The van der Waals surface area contributed by atoms with E-state index >= 15 is 0 Å². The molecule has 0 spiro atoms. The lowest BCUT2D eigenvalue weighted by atomic mass is 9.93. The molecular weight excluding hydrogens is 479 g/mol. The molecule has 0 heterocycles. The van der Waals surface area contributed by atoms with Crippen LogP contribution in [0.15, 0.2) is 84.6 Å². The Kier molecular flexibility index (Phi) is 11.0. The number of carbonyl (C=O) groups is 2. The Bertz CT molecular complexity index is 1180. The molecule has 0 bridgehead atoms. The average molecular weight is 519 g/mol. The van der Waals surface area contributed by atoms with Gasteiger partial charge in [-0.3, -0.25) is 14.5 Å². The van der Waals surface area contributed by atoms with Crippen molar-refractivity contribution < 1.29 is 18.7 Å². The zero-order valence-electron chi connectivity index (χ0n) is 22.7. The summed E-state index contributed by atoms with van der Waals surface area (Å²) >= 11 is 0. The summed E-state index contributed by atoms with van der Waals surface area (Å²) in [5, 5.41) is 3.23. The number of carbonyl (C=O) groups excluding carboxylic acids is 2. The average Bonchev–Trinajstić information content (AvgIpc) is 2.88. The predicted molar refractivity (Wildman–Crippen MR) is 150 cm³/mol. The summed E-state index contributed by atoms with van der Waals surface area (Å²) in [6.45, 7) is 9.45. The minimum Gasteiger partial charge on any atom is -0.367 e. The highest BCUT2D eigenvalue weighted by Crippen LogP contribution is 2.30. The van der Waals surface area contributed by atoms with E-state index < -0.39 is 6.04 Å². The zero-order valence-corrected chi connectivity index (χ0v) is 22.7. The number of allylic oxidation sites excluding steroid dienone is 4. The van der Waals surface area contributed by atoms with E-state index in [0.717, 1.165) is 42.4 Å². The summed E-state index contributed by atoms with van der Waals surface area (Å²) in [7, 11) is 0. The summed E-state index contributed by atoms with van der Waals surface area (Å²) in [6, 6.07) is 12.9. The highest BCUT2D eigenvalue weighted by molar-refractivity contribution is 5.91. The molecule has 1 aliphatic carbocycles. The van der Waals surface area contributed by atoms with Gasteiger partial charge >= 0.3 is 0 Å². The van der Waals surface area contributed by atoms with Gasteiger partial charge in [0, 0.05) is 11.7 Å². The van der Waals surface area contributed by atoms with Crippen molar-refractivity contribution in [2.45, 2.75) is 71.6 Å². The Labute approximate surface area is 226 Å². The largest absolute Gasteiger partial charge is 0.367 e. The summed E-state index contributed by atoms with van der Waals surface area (Å²) < 4.78 is 19.3. The molecule has 1 aliphatic rings. The number of hydrogen-bond donors (Lipinski definition) is 1. The second kappa shape index (κ2) is 14.4. The van der Waals surface area contributed by atoms with Gasteiger partial charge in [0.25, 0.3) is 5.91 Å². The van der Waals surface area contributed by atoms with E-state index in [1.54, 1.807) is 24.3 Å². The van der Waals surface area contributed by atoms with Gasteiger partial charge in [0.15, 0.2) is 0 Å². The van der Waals surface area contributed by atoms with Gasteiger partial charge in [-0.15, -0.1) is 0 Å². The van der Waals surface area contributed by atoms with Gasteiger partial charge < -0.3 is 10.1 Å². The van der Waals surface area contributed by atoms with Crippen molar-refractivity contribution in [3.63, 3.8) is 0 Å². The van der Waals surface area contributed by atoms with Crippen LogP contribution in [0.4, 0.5) is 4.39 Å². The molecule has 38 heavy (non-hydrogen) atoms. The summed E-state index contributed by atoms with van der Waals surface area (Å²) in [5.74, 6) is -0.960. The van der Waals surface area contributed by atoms with E-state index in [9.17, 15) is 14.0 Å². The second-order valence-corrected chi connectivity index (χ2v) is 9.90. The number of ether oxygens (including phenoxy) is 1. The van der Waals surface area contributed by atoms with Crippen molar-refractivity contribution in [1.82, 2.24) is 10.2 Å². The highest BCUT2D eigenvalue weighted by Gasteiger charge is 2.35. The topological polar surface area (TPSA) is 58.6 Å². The molecule has 0 aliphatic heterocycles. The van der Waals surface area contributed by atoms with Crippen molar-refractivity contribution in [1.29, 1.82) is 0 Å². The fraction of sp³-hybridized carbons (Fsp3) is 0.375. The van der Waals surface area contributed by atoms with Crippen LogP contribution in [0.25, 0.3) is 0 Å². The number of nitrogens with zero attached hydrogens (tertiary/aromatic N) is 1. The van der Waals surface area contributed by atoms with Crippen molar-refractivity contribution >= 4 is 11.8 Å². The van der Waals surface area contributed by atoms with Gasteiger partial charge in [-0.2, -0.15) is 0 Å². The Hall–Kier alpha value is -3.51. The van der Waals surface area contributed by atoms with E-state index in [-0.39, 0.29) is 36.9 Å². The van der Waals surface area contributed by atoms with E-state index in [0.29, 0.717) is 11.3 Å². The smallest absolute Gasteiger partial charge is 0.254 e. The number of hydrogen-bond acceptors (Lipinski definition) is 3. The Balaban J connectivity index is 1.99. The lowest BCUT2D eigenvalue weighted by Crippen LogP contribution is -2.47. The quantitative estimate of drug-likeness (QED) is 0.337. The zero-order chi connectivity index (χ0) is 27.5. The lowest BCUT2D eigenvalue weighted by molar-refractivity contribution is -0.142. The van der Waals surface area contributed by atoms with E-state index in [2.05, 4.69) is 11.9 Å². The van der Waals surface area contributed by atoms with Crippen LogP contribution in [0.5, 0.6) is 0 Å². The molecule has 5 nitrogen and oxygen atoms in total. The van der Waals surface area contributed by atoms with Crippen LogP contribution in [0, 0.1) is 12.7 Å². The molecule has 1 atom stereocenters. The predicted octanol–water partition coefficient (Wildman–Crippen LogP) is 6.71. The Morgan fingerprint density at radius 3 is 2.55 bits per heavy atom. The first-order chi connectivity index (χ1) is 18.3.